The van der Waals surface area contributed by atoms with E-state index in [1.165, 1.54) is 10.1 Å². The normalized spacial score (nSPS) is 10.6. The van der Waals surface area contributed by atoms with Crippen LogP contribution in [0.15, 0.2) is 30.3 Å². The van der Waals surface area contributed by atoms with Crippen LogP contribution >= 0.6 is 23.5 Å². The van der Waals surface area contributed by atoms with Crippen LogP contribution in [-0.2, 0) is 6.42 Å². The van der Waals surface area contributed by atoms with E-state index in [1.807, 2.05) is 23.5 Å². The molecule has 1 radical (unpaired) electrons. The summed E-state index contributed by atoms with van der Waals surface area (Å²) in [5.41, 5.74) is 1.40. The molecule has 0 bridgehead atoms. The number of thioether (sulfide) groups is 2. The molecule has 0 spiro atoms. The molecule has 0 unspecified atom stereocenters. The van der Waals surface area contributed by atoms with Gasteiger partial charge in [0.05, 0.1) is 4.58 Å². The van der Waals surface area contributed by atoms with Crippen molar-refractivity contribution in [3.63, 3.8) is 0 Å². The molecule has 0 heterocycles. The molecule has 1 aromatic rings. The van der Waals surface area contributed by atoms with Crippen molar-refractivity contribution < 1.29 is 0 Å². The van der Waals surface area contributed by atoms with Crippen molar-refractivity contribution in [2.24, 2.45) is 0 Å². The summed E-state index contributed by atoms with van der Waals surface area (Å²) in [5, 5.41) is 0. The fraction of sp³-hybridized carbons (Fsp3) is 0.300. The maximum atomic E-state index is 2.17. The fourth-order valence-electron chi connectivity index (χ4n) is 0.990. The summed E-state index contributed by atoms with van der Waals surface area (Å²) < 4.78 is 1.47. The second-order valence-corrected chi connectivity index (χ2v) is 4.50. The van der Waals surface area contributed by atoms with Crippen LogP contribution in [0.1, 0.15) is 5.56 Å². The molecule has 1 rings (SSSR count). The van der Waals surface area contributed by atoms with Crippen molar-refractivity contribution in [3.8, 4) is 0 Å². The molecule has 12 heavy (non-hydrogen) atoms. The van der Waals surface area contributed by atoms with Crippen molar-refractivity contribution in [1.82, 2.24) is 0 Å². The first-order valence-corrected chi connectivity index (χ1v) is 6.29. The fourth-order valence-corrected chi connectivity index (χ4v) is 2.28. The van der Waals surface area contributed by atoms with Gasteiger partial charge in [0.15, 0.2) is 0 Å². The lowest BCUT2D eigenvalue weighted by atomic mass is 10.2. The minimum Gasteiger partial charge on any atom is -0.145 e. The van der Waals surface area contributed by atoms with E-state index in [9.17, 15) is 0 Å². The Morgan fingerprint density at radius 1 is 1.08 bits per heavy atom. The van der Waals surface area contributed by atoms with Gasteiger partial charge in [0.2, 0.25) is 0 Å². The first-order chi connectivity index (χ1) is 5.86. The molecular formula is C10H13S2. The van der Waals surface area contributed by atoms with E-state index in [-0.39, 0.29) is 0 Å². The molecule has 0 N–H and O–H groups in total. The molecule has 0 saturated heterocycles. The molecule has 0 nitrogen and oxygen atoms in total. The van der Waals surface area contributed by atoms with Gasteiger partial charge in [-0.3, -0.25) is 0 Å². The lowest BCUT2D eigenvalue weighted by Gasteiger charge is -2.09. The molecule has 0 aliphatic rings. The van der Waals surface area contributed by atoms with Crippen LogP contribution in [0.4, 0.5) is 0 Å². The minimum atomic E-state index is 1.09. The van der Waals surface area contributed by atoms with Crippen molar-refractivity contribution >= 4 is 23.5 Å². The molecule has 0 saturated carbocycles. The molecule has 65 valence electrons. The van der Waals surface area contributed by atoms with Crippen LogP contribution in [0.3, 0.4) is 0 Å². The van der Waals surface area contributed by atoms with Crippen LogP contribution in [0.2, 0.25) is 0 Å². The molecular weight excluding hydrogens is 184 g/mol. The second kappa shape index (κ2) is 5.55. The van der Waals surface area contributed by atoms with Gasteiger partial charge in [-0.2, -0.15) is 0 Å². The van der Waals surface area contributed by atoms with E-state index in [0.717, 1.165) is 6.42 Å². The Morgan fingerprint density at radius 2 is 1.67 bits per heavy atom. The molecule has 0 aromatic heterocycles. The molecule has 0 aliphatic carbocycles. The van der Waals surface area contributed by atoms with Crippen LogP contribution in [0, 0.1) is 4.58 Å². The van der Waals surface area contributed by atoms with E-state index in [1.54, 1.807) is 0 Å². The number of rotatable bonds is 4. The summed E-state index contributed by atoms with van der Waals surface area (Å²) in [6.45, 7) is 0. The van der Waals surface area contributed by atoms with Crippen molar-refractivity contribution in [2.75, 3.05) is 12.5 Å². The van der Waals surface area contributed by atoms with Crippen molar-refractivity contribution in [1.29, 1.82) is 0 Å². The highest BCUT2D eigenvalue weighted by atomic mass is 32.2. The van der Waals surface area contributed by atoms with Gasteiger partial charge in [-0.1, -0.05) is 30.3 Å². The first-order valence-electron chi connectivity index (χ1n) is 3.84. The third-order valence-electron chi connectivity index (χ3n) is 1.65. The van der Waals surface area contributed by atoms with Gasteiger partial charge in [0.1, 0.15) is 0 Å². The number of benzene rings is 1. The van der Waals surface area contributed by atoms with Gasteiger partial charge in [0.25, 0.3) is 0 Å². The van der Waals surface area contributed by atoms with Gasteiger partial charge in [-0.25, -0.2) is 0 Å². The summed E-state index contributed by atoms with van der Waals surface area (Å²) in [6.07, 6.45) is 5.35. The van der Waals surface area contributed by atoms with E-state index < -0.39 is 0 Å². The average molecular weight is 197 g/mol. The van der Waals surface area contributed by atoms with Gasteiger partial charge < -0.3 is 0 Å². The Bertz CT molecular complexity index is 204. The average Bonchev–Trinajstić information content (AvgIpc) is 2.16. The summed E-state index contributed by atoms with van der Waals surface area (Å²) in [6, 6.07) is 10.6. The van der Waals surface area contributed by atoms with Crippen LogP contribution in [-0.4, -0.2) is 12.5 Å². The van der Waals surface area contributed by atoms with E-state index >= 15 is 0 Å². The summed E-state index contributed by atoms with van der Waals surface area (Å²) >= 11 is 3.69. The standard InChI is InChI=1S/C10H13S2/c1-11-10(12-2)8-9-6-4-3-5-7-9/h3-7H,8H2,1-2H3. The lowest BCUT2D eigenvalue weighted by molar-refractivity contribution is 1.22. The van der Waals surface area contributed by atoms with E-state index in [2.05, 4.69) is 42.8 Å². The lowest BCUT2D eigenvalue weighted by Crippen LogP contribution is -1.91. The predicted molar refractivity (Wildman–Crippen MR) is 60.4 cm³/mol. The monoisotopic (exact) mass is 197 g/mol. The van der Waals surface area contributed by atoms with E-state index in [0.29, 0.717) is 0 Å². The SMILES string of the molecule is CS[C](Cc1ccccc1)SC. The Morgan fingerprint density at radius 3 is 2.17 bits per heavy atom. The summed E-state index contributed by atoms with van der Waals surface area (Å²) in [4.78, 5) is 0. The molecule has 0 atom stereocenters. The maximum Gasteiger partial charge on any atom is 0.0885 e. The Balaban J connectivity index is 2.51. The topological polar surface area (TPSA) is 0 Å². The summed E-state index contributed by atoms with van der Waals surface area (Å²) in [7, 11) is 0. The minimum absolute atomic E-state index is 1.09. The number of hydrogen-bond donors (Lipinski definition) is 0. The van der Waals surface area contributed by atoms with Gasteiger partial charge in [-0.05, 0) is 24.5 Å². The highest BCUT2D eigenvalue weighted by molar-refractivity contribution is 8.20. The highest BCUT2D eigenvalue weighted by Gasteiger charge is 2.05. The van der Waals surface area contributed by atoms with Crippen molar-refractivity contribution in [2.45, 2.75) is 6.42 Å². The van der Waals surface area contributed by atoms with Crippen molar-refractivity contribution in [3.05, 3.63) is 40.5 Å². The Hall–Kier alpha value is -0.0800. The van der Waals surface area contributed by atoms with Gasteiger partial charge >= 0.3 is 0 Å². The third kappa shape index (κ3) is 3.11. The Kier molecular flexibility index (Phi) is 4.62. The van der Waals surface area contributed by atoms with E-state index in [4.69, 9.17) is 0 Å². The highest BCUT2D eigenvalue weighted by Crippen LogP contribution is 2.30. The van der Waals surface area contributed by atoms with Crippen LogP contribution in [0.5, 0.6) is 0 Å². The second-order valence-electron chi connectivity index (χ2n) is 2.44. The first kappa shape index (κ1) is 10.0. The zero-order chi connectivity index (χ0) is 8.81. The predicted octanol–water partition coefficient (Wildman–Crippen LogP) is 3.44. The summed E-state index contributed by atoms with van der Waals surface area (Å²) in [5.74, 6) is 0. The molecule has 0 amide bonds. The largest absolute Gasteiger partial charge is 0.145 e. The Labute approximate surface area is 83.1 Å². The molecule has 0 aliphatic heterocycles. The zero-order valence-electron chi connectivity index (χ0n) is 7.41. The van der Waals surface area contributed by atoms with Gasteiger partial charge in [-0.15, -0.1) is 23.5 Å². The van der Waals surface area contributed by atoms with Gasteiger partial charge in [0, 0.05) is 0 Å². The quantitative estimate of drug-likeness (QED) is 0.725. The smallest absolute Gasteiger partial charge is 0.0885 e. The van der Waals surface area contributed by atoms with Crippen LogP contribution in [0.25, 0.3) is 0 Å². The zero-order valence-corrected chi connectivity index (χ0v) is 9.04. The third-order valence-corrected chi connectivity index (χ3v) is 3.85. The maximum absolute atomic E-state index is 2.17. The molecule has 2 heteroatoms. The van der Waals surface area contributed by atoms with Crippen LogP contribution < -0.4 is 0 Å². The molecule has 1 aromatic carbocycles. The number of hydrogen-bond acceptors (Lipinski definition) is 2. The molecule has 0 fully saturated rings.